The Kier molecular flexibility index (Phi) is 4.31. The van der Waals surface area contributed by atoms with Gasteiger partial charge in [0.15, 0.2) is 0 Å². The lowest BCUT2D eigenvalue weighted by atomic mass is 10.1. The SMILES string of the molecule is N#CC(=Cc1cccn1-c1ccc(O)cc1)c1ccc(Br)cc1. The molecule has 0 aliphatic heterocycles. The number of aromatic hydroxyl groups is 1. The Morgan fingerprint density at radius 1 is 1.04 bits per heavy atom. The van der Waals surface area contributed by atoms with Gasteiger partial charge in [-0.1, -0.05) is 28.1 Å². The number of phenols is 1. The highest BCUT2D eigenvalue weighted by Gasteiger charge is 2.05. The van der Waals surface area contributed by atoms with Gasteiger partial charge >= 0.3 is 0 Å². The monoisotopic (exact) mass is 364 g/mol. The summed E-state index contributed by atoms with van der Waals surface area (Å²) in [6, 6.07) is 20.7. The first-order valence-electron chi connectivity index (χ1n) is 7.02. The third-order valence-electron chi connectivity index (χ3n) is 3.48. The fourth-order valence-corrected chi connectivity index (χ4v) is 2.58. The van der Waals surface area contributed by atoms with E-state index in [0.29, 0.717) is 5.57 Å². The molecule has 0 saturated carbocycles. The number of nitrogens with zero attached hydrogens (tertiary/aromatic N) is 2. The molecule has 0 bridgehead atoms. The molecule has 0 radical (unpaired) electrons. The second-order valence-electron chi connectivity index (χ2n) is 5.00. The summed E-state index contributed by atoms with van der Waals surface area (Å²) in [5, 5.41) is 18.9. The molecule has 0 atom stereocenters. The van der Waals surface area contributed by atoms with Crippen molar-refractivity contribution < 1.29 is 5.11 Å². The molecule has 0 amide bonds. The van der Waals surface area contributed by atoms with E-state index in [1.54, 1.807) is 12.1 Å². The molecular weight excluding hydrogens is 352 g/mol. The molecule has 0 spiro atoms. The Bertz CT molecular complexity index is 884. The van der Waals surface area contributed by atoms with Gasteiger partial charge in [-0.25, -0.2) is 0 Å². The standard InChI is InChI=1S/C19H13BrN2O/c20-16-5-3-14(4-6-16)15(13-21)12-18-2-1-11-22(18)17-7-9-19(23)10-8-17/h1-12,23H. The van der Waals surface area contributed by atoms with Crippen molar-refractivity contribution in [2.24, 2.45) is 0 Å². The molecule has 112 valence electrons. The molecule has 0 saturated heterocycles. The van der Waals surface area contributed by atoms with Gasteiger partial charge in [0.2, 0.25) is 0 Å². The first kappa shape index (κ1) is 15.1. The van der Waals surface area contributed by atoms with Gasteiger partial charge in [0.25, 0.3) is 0 Å². The lowest BCUT2D eigenvalue weighted by Gasteiger charge is -2.07. The summed E-state index contributed by atoms with van der Waals surface area (Å²) in [5.74, 6) is 0.227. The second-order valence-corrected chi connectivity index (χ2v) is 5.91. The van der Waals surface area contributed by atoms with Crippen molar-refractivity contribution in [1.82, 2.24) is 4.57 Å². The zero-order chi connectivity index (χ0) is 16.2. The lowest BCUT2D eigenvalue weighted by Crippen LogP contribution is -1.94. The summed E-state index contributed by atoms with van der Waals surface area (Å²) in [5.41, 5.74) is 3.28. The average Bonchev–Trinajstić information content (AvgIpc) is 3.02. The van der Waals surface area contributed by atoms with Crippen LogP contribution < -0.4 is 0 Å². The minimum Gasteiger partial charge on any atom is -0.508 e. The van der Waals surface area contributed by atoms with Crippen LogP contribution in [0.25, 0.3) is 17.3 Å². The van der Waals surface area contributed by atoms with Crippen molar-refractivity contribution in [3.05, 3.63) is 82.6 Å². The molecule has 0 aliphatic carbocycles. The van der Waals surface area contributed by atoms with Crippen LogP contribution in [-0.2, 0) is 0 Å². The highest BCUT2D eigenvalue weighted by molar-refractivity contribution is 9.10. The molecule has 1 heterocycles. The van der Waals surface area contributed by atoms with Crippen LogP contribution in [0, 0.1) is 11.3 Å². The third-order valence-corrected chi connectivity index (χ3v) is 4.00. The minimum atomic E-state index is 0.227. The number of allylic oxidation sites excluding steroid dienone is 1. The van der Waals surface area contributed by atoms with Gasteiger partial charge < -0.3 is 9.67 Å². The van der Waals surface area contributed by atoms with Gasteiger partial charge in [0, 0.05) is 22.1 Å². The zero-order valence-electron chi connectivity index (χ0n) is 12.1. The second kappa shape index (κ2) is 6.55. The quantitative estimate of drug-likeness (QED) is 0.664. The summed E-state index contributed by atoms with van der Waals surface area (Å²) in [6.07, 6.45) is 3.78. The number of hydrogen-bond acceptors (Lipinski definition) is 2. The first-order valence-corrected chi connectivity index (χ1v) is 7.81. The lowest BCUT2D eigenvalue weighted by molar-refractivity contribution is 0.475. The number of nitriles is 1. The largest absolute Gasteiger partial charge is 0.508 e. The van der Waals surface area contributed by atoms with E-state index < -0.39 is 0 Å². The molecule has 0 unspecified atom stereocenters. The van der Waals surface area contributed by atoms with Crippen molar-refractivity contribution in [2.45, 2.75) is 0 Å². The summed E-state index contributed by atoms with van der Waals surface area (Å²) in [4.78, 5) is 0. The summed E-state index contributed by atoms with van der Waals surface area (Å²) in [6.45, 7) is 0. The van der Waals surface area contributed by atoms with E-state index in [2.05, 4.69) is 22.0 Å². The molecule has 1 N–H and O–H groups in total. The van der Waals surface area contributed by atoms with E-state index in [9.17, 15) is 10.4 Å². The molecule has 2 aromatic carbocycles. The molecule has 3 nitrogen and oxygen atoms in total. The average molecular weight is 365 g/mol. The number of phenolic OH excluding ortho intramolecular Hbond substituents is 1. The van der Waals surface area contributed by atoms with Gasteiger partial charge in [-0.15, -0.1) is 0 Å². The van der Waals surface area contributed by atoms with E-state index >= 15 is 0 Å². The maximum atomic E-state index is 9.47. The molecule has 3 aromatic rings. The van der Waals surface area contributed by atoms with E-state index in [-0.39, 0.29) is 5.75 Å². The molecule has 23 heavy (non-hydrogen) atoms. The smallest absolute Gasteiger partial charge is 0.115 e. The van der Waals surface area contributed by atoms with Gasteiger partial charge in [0.05, 0.1) is 11.6 Å². The van der Waals surface area contributed by atoms with Crippen LogP contribution in [0.15, 0.2) is 71.3 Å². The molecule has 4 heteroatoms. The maximum absolute atomic E-state index is 9.47. The van der Waals surface area contributed by atoms with Crippen LogP contribution in [0.2, 0.25) is 0 Å². The van der Waals surface area contributed by atoms with Gasteiger partial charge in [-0.2, -0.15) is 5.26 Å². The Morgan fingerprint density at radius 2 is 1.74 bits per heavy atom. The number of halogens is 1. The Balaban J connectivity index is 2.02. The molecule has 3 rings (SSSR count). The number of aromatic nitrogens is 1. The summed E-state index contributed by atoms with van der Waals surface area (Å²) >= 11 is 3.40. The number of benzene rings is 2. The predicted molar refractivity (Wildman–Crippen MR) is 95.1 cm³/mol. The molecular formula is C19H13BrN2O. The van der Waals surface area contributed by atoms with Crippen molar-refractivity contribution in [3.8, 4) is 17.5 Å². The fourth-order valence-electron chi connectivity index (χ4n) is 2.32. The first-order chi connectivity index (χ1) is 11.2. The normalized spacial score (nSPS) is 11.2. The number of rotatable bonds is 3. The molecule has 0 aliphatic rings. The van der Waals surface area contributed by atoms with Crippen LogP contribution >= 0.6 is 15.9 Å². The van der Waals surface area contributed by atoms with Gasteiger partial charge in [-0.3, -0.25) is 0 Å². The van der Waals surface area contributed by atoms with Crippen molar-refractivity contribution in [3.63, 3.8) is 0 Å². The minimum absolute atomic E-state index is 0.227. The highest BCUT2D eigenvalue weighted by Crippen LogP contribution is 2.23. The third kappa shape index (κ3) is 3.36. The van der Waals surface area contributed by atoms with Crippen molar-refractivity contribution in [1.29, 1.82) is 5.26 Å². The summed E-state index contributed by atoms with van der Waals surface area (Å²) < 4.78 is 2.95. The molecule has 1 aromatic heterocycles. The van der Waals surface area contributed by atoms with Crippen LogP contribution in [0.4, 0.5) is 0 Å². The van der Waals surface area contributed by atoms with E-state index in [4.69, 9.17) is 0 Å². The summed E-state index contributed by atoms with van der Waals surface area (Å²) in [7, 11) is 0. The van der Waals surface area contributed by atoms with Crippen LogP contribution in [0.1, 0.15) is 11.3 Å². The van der Waals surface area contributed by atoms with Gasteiger partial charge in [-0.05, 0) is 60.2 Å². The van der Waals surface area contributed by atoms with E-state index in [1.165, 1.54) is 0 Å². The fraction of sp³-hybridized carbons (Fsp3) is 0. The zero-order valence-corrected chi connectivity index (χ0v) is 13.7. The highest BCUT2D eigenvalue weighted by atomic mass is 79.9. The van der Waals surface area contributed by atoms with Crippen LogP contribution in [0.3, 0.4) is 0 Å². The Morgan fingerprint density at radius 3 is 2.39 bits per heavy atom. The Hall–Kier alpha value is -2.77. The molecule has 0 fully saturated rings. The predicted octanol–water partition coefficient (Wildman–Crippen LogP) is 5.01. The van der Waals surface area contributed by atoms with Crippen LogP contribution in [-0.4, -0.2) is 9.67 Å². The Labute approximate surface area is 142 Å². The maximum Gasteiger partial charge on any atom is 0.115 e. The number of hydrogen-bond donors (Lipinski definition) is 1. The van der Waals surface area contributed by atoms with E-state index in [0.717, 1.165) is 21.4 Å². The van der Waals surface area contributed by atoms with Crippen molar-refractivity contribution in [2.75, 3.05) is 0 Å². The van der Waals surface area contributed by atoms with E-state index in [1.807, 2.05) is 65.4 Å². The van der Waals surface area contributed by atoms with Gasteiger partial charge in [0.1, 0.15) is 5.75 Å². The van der Waals surface area contributed by atoms with Crippen molar-refractivity contribution >= 4 is 27.6 Å². The van der Waals surface area contributed by atoms with Crippen LogP contribution in [0.5, 0.6) is 5.75 Å². The topological polar surface area (TPSA) is 49.0 Å².